The Kier molecular flexibility index (Phi) is 10.9. The molecule has 0 aliphatic carbocycles. The molecule has 25 heavy (non-hydrogen) atoms. The number of methoxy groups -OCH3 is 1. The molecule has 1 aromatic carbocycles. The molecule has 0 unspecified atom stereocenters. The zero-order valence-corrected chi connectivity index (χ0v) is 15.2. The van der Waals surface area contributed by atoms with E-state index >= 15 is 0 Å². The fourth-order valence-electron chi connectivity index (χ4n) is 1.66. The lowest BCUT2D eigenvalue weighted by Crippen LogP contribution is -2.39. The van der Waals surface area contributed by atoms with Crippen LogP contribution in [0.25, 0.3) is 0 Å². The Morgan fingerprint density at radius 3 is 2.40 bits per heavy atom. The van der Waals surface area contributed by atoms with E-state index in [0.717, 1.165) is 24.3 Å². The van der Waals surface area contributed by atoms with Gasteiger partial charge in [0, 0.05) is 38.9 Å². The summed E-state index contributed by atoms with van der Waals surface area (Å²) < 4.78 is 31.1. The number of nitro groups is 1. The highest BCUT2D eigenvalue weighted by Crippen LogP contribution is 2.15. The summed E-state index contributed by atoms with van der Waals surface area (Å²) in [5, 5.41) is 15.9. The van der Waals surface area contributed by atoms with Crippen LogP contribution in [-0.2, 0) is 19.6 Å². The number of hydrogen-bond acceptors (Lipinski definition) is 7. The minimum absolute atomic E-state index is 0. The molecule has 0 atom stereocenters. The second-order valence-corrected chi connectivity index (χ2v) is 6.44. The normalized spacial score (nSPS) is 10.8. The average Bonchev–Trinajstić information content (AvgIpc) is 2.56. The number of non-ortho nitro benzene ring substituents is 1. The highest BCUT2D eigenvalue weighted by Gasteiger charge is 2.15. The van der Waals surface area contributed by atoms with Crippen molar-refractivity contribution in [3.8, 4) is 0 Å². The van der Waals surface area contributed by atoms with Crippen molar-refractivity contribution < 1.29 is 22.9 Å². The minimum Gasteiger partial charge on any atom is -0.383 e. The van der Waals surface area contributed by atoms with Gasteiger partial charge in [-0.3, -0.25) is 14.9 Å². The standard InChI is InChI=1S/C13H20N4O6S.ClH/c1-23-9-8-14-10-13(18)15-6-7-16-24(21,22)12-4-2-11(3-5-12)17(19)20;/h2-5,14,16H,6-10H2,1H3,(H,15,18);1H. The SMILES string of the molecule is COCCNCC(=O)NCCNS(=O)(=O)c1ccc([N+](=O)[O-])cc1.Cl. The van der Waals surface area contributed by atoms with Gasteiger partial charge < -0.3 is 15.4 Å². The maximum atomic E-state index is 12.0. The molecular weight excluding hydrogens is 376 g/mol. The Morgan fingerprint density at radius 1 is 1.20 bits per heavy atom. The third-order valence-electron chi connectivity index (χ3n) is 2.87. The predicted molar refractivity (Wildman–Crippen MR) is 93.3 cm³/mol. The van der Waals surface area contributed by atoms with E-state index in [1.165, 1.54) is 0 Å². The Labute approximate surface area is 151 Å². The number of nitro benzene ring substituents is 1. The molecule has 0 spiro atoms. The molecule has 1 aromatic rings. The van der Waals surface area contributed by atoms with E-state index in [4.69, 9.17) is 4.74 Å². The largest absolute Gasteiger partial charge is 0.383 e. The van der Waals surface area contributed by atoms with Crippen molar-refractivity contribution >= 4 is 34.0 Å². The van der Waals surface area contributed by atoms with Gasteiger partial charge in [-0.05, 0) is 12.1 Å². The summed E-state index contributed by atoms with van der Waals surface area (Å²) in [5.41, 5.74) is -0.192. The monoisotopic (exact) mass is 396 g/mol. The molecular formula is C13H21ClN4O6S. The van der Waals surface area contributed by atoms with Crippen molar-refractivity contribution in [1.82, 2.24) is 15.4 Å². The van der Waals surface area contributed by atoms with Crippen molar-refractivity contribution in [2.75, 3.05) is 39.9 Å². The van der Waals surface area contributed by atoms with Gasteiger partial charge in [0.25, 0.3) is 5.69 Å². The fourth-order valence-corrected chi connectivity index (χ4v) is 2.69. The molecule has 10 nitrogen and oxygen atoms in total. The number of carbonyl (C=O) groups excluding carboxylic acids is 1. The maximum Gasteiger partial charge on any atom is 0.269 e. The van der Waals surface area contributed by atoms with Gasteiger partial charge in [0.15, 0.2) is 0 Å². The molecule has 1 rings (SSSR count). The first-order chi connectivity index (χ1) is 11.4. The first kappa shape index (κ1) is 23.2. The summed E-state index contributed by atoms with van der Waals surface area (Å²) in [6, 6.07) is 4.53. The van der Waals surface area contributed by atoms with Crippen LogP contribution in [0.4, 0.5) is 5.69 Å². The van der Waals surface area contributed by atoms with Gasteiger partial charge in [-0.1, -0.05) is 0 Å². The van der Waals surface area contributed by atoms with E-state index in [1.54, 1.807) is 7.11 Å². The number of nitrogens with zero attached hydrogens (tertiary/aromatic N) is 1. The number of hydrogen-bond donors (Lipinski definition) is 3. The van der Waals surface area contributed by atoms with Crippen LogP contribution in [0.2, 0.25) is 0 Å². The summed E-state index contributed by atoms with van der Waals surface area (Å²) in [6.07, 6.45) is 0. The van der Waals surface area contributed by atoms with Crippen molar-refractivity contribution in [2.24, 2.45) is 0 Å². The van der Waals surface area contributed by atoms with Crippen LogP contribution >= 0.6 is 12.4 Å². The zero-order chi connectivity index (χ0) is 18.0. The van der Waals surface area contributed by atoms with Crippen molar-refractivity contribution in [3.63, 3.8) is 0 Å². The van der Waals surface area contributed by atoms with Crippen LogP contribution in [0.3, 0.4) is 0 Å². The van der Waals surface area contributed by atoms with Gasteiger partial charge in [-0.15, -0.1) is 12.4 Å². The van der Waals surface area contributed by atoms with Gasteiger partial charge in [0.1, 0.15) is 0 Å². The lowest BCUT2D eigenvalue weighted by molar-refractivity contribution is -0.384. The Hall–Kier alpha value is -1.79. The van der Waals surface area contributed by atoms with E-state index in [1.807, 2.05) is 0 Å². The smallest absolute Gasteiger partial charge is 0.269 e. The lowest BCUT2D eigenvalue weighted by Gasteiger charge is -2.08. The zero-order valence-electron chi connectivity index (χ0n) is 13.6. The van der Waals surface area contributed by atoms with Gasteiger partial charge in [0.05, 0.1) is 23.0 Å². The van der Waals surface area contributed by atoms with Crippen molar-refractivity contribution in [2.45, 2.75) is 4.90 Å². The van der Waals surface area contributed by atoms with Crippen LogP contribution in [0.15, 0.2) is 29.2 Å². The number of ether oxygens (including phenoxy) is 1. The predicted octanol–water partition coefficient (Wildman–Crippen LogP) is -0.353. The fraction of sp³-hybridized carbons (Fsp3) is 0.462. The average molecular weight is 397 g/mol. The third kappa shape index (κ3) is 8.74. The lowest BCUT2D eigenvalue weighted by atomic mass is 10.3. The molecule has 12 heteroatoms. The number of carbonyl (C=O) groups is 1. The van der Waals surface area contributed by atoms with E-state index in [0.29, 0.717) is 13.2 Å². The van der Waals surface area contributed by atoms with Gasteiger partial charge >= 0.3 is 0 Å². The van der Waals surface area contributed by atoms with Gasteiger partial charge in [0.2, 0.25) is 15.9 Å². The van der Waals surface area contributed by atoms with Crippen LogP contribution < -0.4 is 15.4 Å². The maximum absolute atomic E-state index is 12.0. The van der Waals surface area contributed by atoms with Crippen LogP contribution in [0, 0.1) is 10.1 Å². The number of sulfonamides is 1. The van der Waals surface area contributed by atoms with E-state index in [-0.39, 0.29) is 48.5 Å². The molecule has 0 aliphatic rings. The van der Waals surface area contributed by atoms with Gasteiger partial charge in [-0.2, -0.15) is 0 Å². The first-order valence-electron chi connectivity index (χ1n) is 7.07. The quantitative estimate of drug-likeness (QED) is 0.264. The minimum atomic E-state index is -3.78. The summed E-state index contributed by atoms with van der Waals surface area (Å²) in [7, 11) is -2.23. The van der Waals surface area contributed by atoms with Crippen LogP contribution in [0.5, 0.6) is 0 Å². The molecule has 0 aliphatic heterocycles. The Bertz CT molecular complexity index is 653. The summed E-state index contributed by atoms with van der Waals surface area (Å²) >= 11 is 0. The molecule has 0 saturated carbocycles. The highest BCUT2D eigenvalue weighted by molar-refractivity contribution is 7.89. The molecule has 0 bridgehead atoms. The van der Waals surface area contributed by atoms with Crippen molar-refractivity contribution in [3.05, 3.63) is 34.4 Å². The highest BCUT2D eigenvalue weighted by atomic mass is 35.5. The van der Waals surface area contributed by atoms with Crippen LogP contribution in [0.1, 0.15) is 0 Å². The summed E-state index contributed by atoms with van der Waals surface area (Å²) in [4.78, 5) is 21.3. The molecule has 3 N–H and O–H groups in total. The van der Waals surface area contributed by atoms with Crippen LogP contribution in [-0.4, -0.2) is 59.1 Å². The molecule has 0 aromatic heterocycles. The topological polar surface area (TPSA) is 140 Å². The second-order valence-electron chi connectivity index (χ2n) is 4.67. The first-order valence-corrected chi connectivity index (χ1v) is 8.55. The van der Waals surface area contributed by atoms with Gasteiger partial charge in [-0.25, -0.2) is 13.1 Å². The summed E-state index contributed by atoms with van der Waals surface area (Å²) in [6.45, 7) is 1.26. The molecule has 1 amide bonds. The third-order valence-corrected chi connectivity index (χ3v) is 4.34. The molecule has 0 heterocycles. The molecule has 0 radical (unpaired) electrons. The Morgan fingerprint density at radius 2 is 1.84 bits per heavy atom. The number of halogens is 1. The second kappa shape index (κ2) is 11.7. The van der Waals surface area contributed by atoms with E-state index in [2.05, 4.69) is 15.4 Å². The number of rotatable bonds is 11. The van der Waals surface area contributed by atoms with Crippen molar-refractivity contribution in [1.29, 1.82) is 0 Å². The van der Waals surface area contributed by atoms with E-state index < -0.39 is 14.9 Å². The Balaban J connectivity index is 0.00000576. The number of nitrogens with one attached hydrogen (secondary N) is 3. The molecule has 0 saturated heterocycles. The molecule has 0 fully saturated rings. The summed E-state index contributed by atoms with van der Waals surface area (Å²) in [5.74, 6) is -0.263. The van der Waals surface area contributed by atoms with E-state index in [9.17, 15) is 23.3 Å². The molecule has 142 valence electrons. The number of amides is 1. The number of benzene rings is 1.